The number of carbonyl (C=O) groups excluding carboxylic acids is 1. The van der Waals surface area contributed by atoms with E-state index in [0.29, 0.717) is 18.7 Å². The predicted molar refractivity (Wildman–Crippen MR) is 88.6 cm³/mol. The number of hydrogen-bond acceptors (Lipinski definition) is 6. The molecule has 24 heavy (non-hydrogen) atoms. The van der Waals surface area contributed by atoms with E-state index in [-0.39, 0.29) is 35.7 Å². The number of piperazine rings is 1. The van der Waals surface area contributed by atoms with E-state index >= 15 is 0 Å². The number of carbonyl (C=O) groups is 1. The predicted octanol–water partition coefficient (Wildman–Crippen LogP) is 1.03. The molecular formula is C14H17ClN6O3. The van der Waals surface area contributed by atoms with E-state index in [1.165, 1.54) is 29.5 Å². The van der Waals surface area contributed by atoms with E-state index in [2.05, 4.69) is 15.4 Å². The summed E-state index contributed by atoms with van der Waals surface area (Å²) in [6, 6.07) is 4.45. The van der Waals surface area contributed by atoms with E-state index < -0.39 is 4.92 Å². The van der Waals surface area contributed by atoms with Crippen LogP contribution < -0.4 is 5.32 Å². The summed E-state index contributed by atoms with van der Waals surface area (Å²) in [7, 11) is 0. The SMILES string of the molecule is C[C@@H]1CNCCN1C(=O)c1ccc(-n2cncn2)c([N+](=O)[O-])c1.Cl. The molecule has 2 aromatic rings. The quantitative estimate of drug-likeness (QED) is 0.653. The van der Waals surface area contributed by atoms with Crippen LogP contribution in [0.5, 0.6) is 0 Å². The Labute approximate surface area is 144 Å². The van der Waals surface area contributed by atoms with Crippen LogP contribution in [0.2, 0.25) is 0 Å². The Morgan fingerprint density at radius 1 is 1.46 bits per heavy atom. The first kappa shape index (κ1) is 17.8. The van der Waals surface area contributed by atoms with Crippen LogP contribution in [0, 0.1) is 10.1 Å². The van der Waals surface area contributed by atoms with E-state index in [4.69, 9.17) is 0 Å². The van der Waals surface area contributed by atoms with Crippen molar-refractivity contribution in [2.75, 3.05) is 19.6 Å². The molecule has 9 nitrogen and oxygen atoms in total. The molecule has 1 saturated heterocycles. The van der Waals surface area contributed by atoms with Crippen molar-refractivity contribution in [1.82, 2.24) is 25.0 Å². The maximum atomic E-state index is 12.6. The van der Waals surface area contributed by atoms with Gasteiger partial charge in [0.25, 0.3) is 11.6 Å². The van der Waals surface area contributed by atoms with Crippen molar-refractivity contribution in [2.24, 2.45) is 0 Å². The Morgan fingerprint density at radius 3 is 2.88 bits per heavy atom. The molecule has 1 aromatic heterocycles. The van der Waals surface area contributed by atoms with E-state index in [9.17, 15) is 14.9 Å². The van der Waals surface area contributed by atoms with Gasteiger partial charge in [-0.15, -0.1) is 12.4 Å². The van der Waals surface area contributed by atoms with Crippen LogP contribution in [-0.4, -0.2) is 56.2 Å². The molecule has 0 bridgehead atoms. The third-order valence-electron chi connectivity index (χ3n) is 3.85. The van der Waals surface area contributed by atoms with E-state index in [1.807, 2.05) is 6.92 Å². The monoisotopic (exact) mass is 352 g/mol. The number of nitro groups is 1. The molecule has 0 spiro atoms. The highest BCUT2D eigenvalue weighted by Gasteiger charge is 2.26. The Bertz CT molecular complexity index is 736. The van der Waals surface area contributed by atoms with Crippen LogP contribution in [-0.2, 0) is 0 Å². The molecule has 10 heteroatoms. The van der Waals surface area contributed by atoms with Crippen molar-refractivity contribution in [3.05, 3.63) is 46.5 Å². The van der Waals surface area contributed by atoms with Gasteiger partial charge in [-0.3, -0.25) is 14.9 Å². The van der Waals surface area contributed by atoms with Gasteiger partial charge in [0.1, 0.15) is 18.3 Å². The summed E-state index contributed by atoms with van der Waals surface area (Å²) in [4.78, 5) is 29.0. The normalized spacial score (nSPS) is 17.2. The smallest absolute Gasteiger partial charge is 0.295 e. The fraction of sp³-hybridized carbons (Fsp3) is 0.357. The Balaban J connectivity index is 0.00000208. The van der Waals surface area contributed by atoms with Crippen LogP contribution in [0.1, 0.15) is 17.3 Å². The molecule has 0 aliphatic carbocycles. The standard InChI is InChI=1S/C14H16N6O3.ClH/c1-10-7-15-4-5-18(10)14(21)11-2-3-12(13(6-11)20(22)23)19-9-16-8-17-19;/h2-3,6,8-10,15H,4-5,7H2,1H3;1H/t10-;/m1./s1. The lowest BCUT2D eigenvalue weighted by atomic mass is 10.1. The van der Waals surface area contributed by atoms with Crippen molar-refractivity contribution in [3.63, 3.8) is 0 Å². The molecular weight excluding hydrogens is 336 g/mol. The number of nitrogens with zero attached hydrogens (tertiary/aromatic N) is 5. The van der Waals surface area contributed by atoms with Crippen molar-refractivity contribution in [2.45, 2.75) is 13.0 Å². The Morgan fingerprint density at radius 2 is 2.25 bits per heavy atom. The fourth-order valence-corrected chi connectivity index (χ4v) is 2.64. The van der Waals surface area contributed by atoms with Gasteiger partial charge in [-0.05, 0) is 19.1 Å². The highest BCUT2D eigenvalue weighted by Crippen LogP contribution is 2.24. The van der Waals surface area contributed by atoms with Gasteiger partial charge >= 0.3 is 0 Å². The molecule has 1 aliphatic rings. The van der Waals surface area contributed by atoms with Gasteiger partial charge in [0, 0.05) is 37.3 Å². The Kier molecular flexibility index (Phi) is 5.47. The Hall–Kier alpha value is -2.52. The molecule has 1 N–H and O–H groups in total. The summed E-state index contributed by atoms with van der Waals surface area (Å²) >= 11 is 0. The van der Waals surface area contributed by atoms with E-state index in [0.717, 1.165) is 6.54 Å². The molecule has 1 amide bonds. The summed E-state index contributed by atoms with van der Waals surface area (Å²) in [6.07, 6.45) is 2.67. The molecule has 0 unspecified atom stereocenters. The number of amides is 1. The van der Waals surface area contributed by atoms with Gasteiger partial charge in [-0.25, -0.2) is 9.67 Å². The fourth-order valence-electron chi connectivity index (χ4n) is 2.64. The van der Waals surface area contributed by atoms with Crippen LogP contribution in [0.4, 0.5) is 5.69 Å². The van der Waals surface area contributed by atoms with Gasteiger partial charge < -0.3 is 10.2 Å². The molecule has 2 heterocycles. The molecule has 1 atom stereocenters. The molecule has 1 aliphatic heterocycles. The maximum Gasteiger partial charge on any atom is 0.295 e. The number of aromatic nitrogens is 3. The van der Waals surface area contributed by atoms with Gasteiger partial charge in [0.15, 0.2) is 0 Å². The first-order valence-corrected chi connectivity index (χ1v) is 7.23. The second kappa shape index (κ2) is 7.37. The molecule has 1 aromatic carbocycles. The lowest BCUT2D eigenvalue weighted by molar-refractivity contribution is -0.384. The second-order valence-corrected chi connectivity index (χ2v) is 5.35. The largest absolute Gasteiger partial charge is 0.333 e. The highest BCUT2D eigenvalue weighted by atomic mass is 35.5. The minimum Gasteiger partial charge on any atom is -0.333 e. The summed E-state index contributed by atoms with van der Waals surface area (Å²) in [5.41, 5.74) is 0.399. The summed E-state index contributed by atoms with van der Waals surface area (Å²) in [6.45, 7) is 3.96. The zero-order chi connectivity index (χ0) is 16.4. The first-order valence-electron chi connectivity index (χ1n) is 7.23. The van der Waals surface area contributed by atoms with Crippen LogP contribution in [0.3, 0.4) is 0 Å². The number of hydrogen-bond donors (Lipinski definition) is 1. The first-order chi connectivity index (χ1) is 11.1. The minimum absolute atomic E-state index is 0. The second-order valence-electron chi connectivity index (χ2n) is 5.35. The average Bonchev–Trinajstić information content (AvgIpc) is 3.08. The van der Waals surface area contributed by atoms with Gasteiger partial charge in [0.05, 0.1) is 4.92 Å². The maximum absolute atomic E-state index is 12.6. The zero-order valence-electron chi connectivity index (χ0n) is 13.0. The number of benzene rings is 1. The van der Waals surface area contributed by atoms with Crippen LogP contribution in [0.25, 0.3) is 5.69 Å². The number of halogens is 1. The van der Waals surface area contributed by atoms with E-state index in [1.54, 1.807) is 11.0 Å². The van der Waals surface area contributed by atoms with Gasteiger partial charge in [0.2, 0.25) is 0 Å². The summed E-state index contributed by atoms with van der Waals surface area (Å²) < 4.78 is 1.31. The number of nitrogens with one attached hydrogen (secondary N) is 1. The van der Waals surface area contributed by atoms with Gasteiger partial charge in [-0.1, -0.05) is 0 Å². The topological polar surface area (TPSA) is 106 Å². The van der Waals surface area contributed by atoms with Crippen LogP contribution in [0.15, 0.2) is 30.9 Å². The van der Waals surface area contributed by atoms with Crippen LogP contribution >= 0.6 is 12.4 Å². The third-order valence-corrected chi connectivity index (χ3v) is 3.85. The number of rotatable bonds is 3. The average molecular weight is 353 g/mol. The molecule has 1 fully saturated rings. The summed E-state index contributed by atoms with van der Waals surface area (Å²) in [5, 5.41) is 18.5. The molecule has 0 saturated carbocycles. The highest BCUT2D eigenvalue weighted by molar-refractivity contribution is 5.95. The molecule has 3 rings (SSSR count). The third kappa shape index (κ3) is 3.36. The molecule has 0 radical (unpaired) electrons. The van der Waals surface area contributed by atoms with Crippen molar-refractivity contribution in [1.29, 1.82) is 0 Å². The van der Waals surface area contributed by atoms with Gasteiger partial charge in [-0.2, -0.15) is 5.10 Å². The number of nitro benzene ring substituents is 1. The van der Waals surface area contributed by atoms with Crippen molar-refractivity contribution < 1.29 is 9.72 Å². The lowest BCUT2D eigenvalue weighted by Crippen LogP contribution is -2.52. The van der Waals surface area contributed by atoms with Crippen molar-refractivity contribution in [3.8, 4) is 5.69 Å². The van der Waals surface area contributed by atoms with Crippen molar-refractivity contribution >= 4 is 24.0 Å². The lowest BCUT2D eigenvalue weighted by Gasteiger charge is -2.34. The zero-order valence-corrected chi connectivity index (χ0v) is 13.8. The molecule has 128 valence electrons. The minimum atomic E-state index is -0.519. The summed E-state index contributed by atoms with van der Waals surface area (Å²) in [5.74, 6) is -0.202.